The molecule has 2 nitrogen and oxygen atoms in total. The highest BCUT2D eigenvalue weighted by Crippen LogP contribution is 2.19. The summed E-state index contributed by atoms with van der Waals surface area (Å²) in [5.74, 6) is 2.02. The van der Waals surface area contributed by atoms with E-state index in [1.165, 1.54) is 42.4 Å². The van der Waals surface area contributed by atoms with E-state index < -0.39 is 0 Å². The summed E-state index contributed by atoms with van der Waals surface area (Å²) >= 11 is 1.41. The second-order valence-corrected chi connectivity index (χ2v) is 5.47. The van der Waals surface area contributed by atoms with Gasteiger partial charge in [0.1, 0.15) is 5.75 Å². The van der Waals surface area contributed by atoms with Gasteiger partial charge in [0.25, 0.3) is 0 Å². The Balaban J connectivity index is 2.55. The van der Waals surface area contributed by atoms with E-state index in [0.29, 0.717) is 11.7 Å². The zero-order chi connectivity index (χ0) is 13.4. The largest absolute Gasteiger partial charge is 0.427 e. The quantitative estimate of drug-likeness (QED) is 0.279. The lowest BCUT2D eigenvalue weighted by Gasteiger charge is -2.08. The first kappa shape index (κ1) is 15.0. The number of hydrogen-bond acceptors (Lipinski definition) is 2. The van der Waals surface area contributed by atoms with Gasteiger partial charge in [-0.1, -0.05) is 37.8 Å². The van der Waals surface area contributed by atoms with Gasteiger partial charge in [-0.2, -0.15) is 0 Å². The molecule has 1 unspecified atom stereocenters. The van der Waals surface area contributed by atoms with Crippen molar-refractivity contribution in [3.05, 3.63) is 29.8 Å². The lowest BCUT2D eigenvalue weighted by molar-refractivity contribution is -0.131. The van der Waals surface area contributed by atoms with Crippen molar-refractivity contribution in [2.75, 3.05) is 5.75 Å². The third kappa shape index (κ3) is 5.50. The summed E-state index contributed by atoms with van der Waals surface area (Å²) in [7, 11) is 0. The molecule has 0 saturated heterocycles. The second kappa shape index (κ2) is 8.09. The number of benzene rings is 1. The lowest BCUT2D eigenvalue weighted by atomic mass is 10.0. The topological polar surface area (TPSA) is 26.3 Å². The third-order valence-electron chi connectivity index (χ3n) is 2.64. The minimum absolute atomic E-state index is 0.277. The summed E-state index contributed by atoms with van der Waals surface area (Å²) in [6.45, 7) is 5.82. The van der Waals surface area contributed by atoms with Crippen LogP contribution in [-0.2, 0) is 4.79 Å². The van der Waals surface area contributed by atoms with Crippen molar-refractivity contribution in [3.8, 4) is 5.75 Å². The summed E-state index contributed by atoms with van der Waals surface area (Å²) in [6.07, 6.45) is 2.54. The molecule has 0 bridgehead atoms. The van der Waals surface area contributed by atoms with Crippen molar-refractivity contribution >= 4 is 22.7 Å². The zero-order valence-corrected chi connectivity index (χ0v) is 12.2. The Kier molecular flexibility index (Phi) is 6.73. The molecule has 1 atom stereocenters. The summed E-state index contributed by atoms with van der Waals surface area (Å²) in [6, 6.07) is 7.75. The third-order valence-corrected chi connectivity index (χ3v) is 3.87. The van der Waals surface area contributed by atoms with Crippen molar-refractivity contribution in [1.29, 1.82) is 0 Å². The molecule has 0 aliphatic heterocycles. The monoisotopic (exact) mass is 266 g/mol. The van der Waals surface area contributed by atoms with Gasteiger partial charge < -0.3 is 4.74 Å². The molecule has 100 valence electrons. The Morgan fingerprint density at radius 1 is 1.39 bits per heavy atom. The van der Waals surface area contributed by atoms with Crippen molar-refractivity contribution < 1.29 is 9.53 Å². The standard InChI is InChI=1S/C15H22O2S/c1-4-5-10-18-11-12(2)14-6-8-15(9-7-14)17-13(3)16/h6-9,11-12,18H,4-5,10H2,1-3H3. The van der Waals surface area contributed by atoms with Crippen LogP contribution in [-0.4, -0.2) is 17.1 Å². The molecule has 0 radical (unpaired) electrons. The molecule has 0 aliphatic rings. The van der Waals surface area contributed by atoms with Gasteiger partial charge in [-0.15, -0.1) is 0 Å². The van der Waals surface area contributed by atoms with Crippen molar-refractivity contribution in [3.63, 3.8) is 0 Å². The lowest BCUT2D eigenvalue weighted by Crippen LogP contribution is -2.01. The molecule has 3 heteroatoms. The summed E-state index contributed by atoms with van der Waals surface area (Å²) in [5.41, 5.74) is 1.26. The molecule has 0 aliphatic carbocycles. The Hall–Kier alpha value is -1.09. The molecule has 1 rings (SSSR count). The number of thiol groups is 1. The maximum atomic E-state index is 10.8. The molecular weight excluding hydrogens is 244 g/mol. The van der Waals surface area contributed by atoms with E-state index >= 15 is 0 Å². The molecule has 0 aromatic heterocycles. The van der Waals surface area contributed by atoms with E-state index in [1.807, 2.05) is 24.3 Å². The predicted octanol–water partition coefficient (Wildman–Crippen LogP) is 3.78. The first-order valence-corrected chi connectivity index (χ1v) is 7.56. The predicted molar refractivity (Wildman–Crippen MR) is 81.0 cm³/mol. The highest BCUT2D eigenvalue weighted by atomic mass is 32.1. The van der Waals surface area contributed by atoms with Crippen LogP contribution in [0.15, 0.2) is 24.3 Å². The van der Waals surface area contributed by atoms with E-state index in [2.05, 4.69) is 19.2 Å². The molecule has 0 amide bonds. The van der Waals surface area contributed by atoms with Gasteiger partial charge in [0.2, 0.25) is 0 Å². The van der Waals surface area contributed by atoms with Crippen molar-refractivity contribution in [2.45, 2.75) is 39.5 Å². The molecule has 0 spiro atoms. The van der Waals surface area contributed by atoms with E-state index in [4.69, 9.17) is 4.74 Å². The number of esters is 1. The minimum atomic E-state index is -0.277. The van der Waals surface area contributed by atoms with Gasteiger partial charge in [0.05, 0.1) is 0 Å². The molecule has 1 aromatic carbocycles. The molecule has 0 fully saturated rings. The number of carbonyl (C=O) groups is 1. The average molecular weight is 266 g/mol. The van der Waals surface area contributed by atoms with Crippen LogP contribution < -0.4 is 4.74 Å². The van der Waals surface area contributed by atoms with Crippen molar-refractivity contribution in [2.24, 2.45) is 0 Å². The SMILES string of the molecule is CCCC[SH]=CC(C)c1ccc(OC(C)=O)cc1. The second-order valence-electron chi connectivity index (χ2n) is 4.36. The van der Waals surface area contributed by atoms with Crippen LogP contribution in [0.2, 0.25) is 0 Å². The maximum absolute atomic E-state index is 10.8. The van der Waals surface area contributed by atoms with Crippen LogP contribution in [0.5, 0.6) is 5.75 Å². The van der Waals surface area contributed by atoms with Crippen LogP contribution in [0.4, 0.5) is 0 Å². The van der Waals surface area contributed by atoms with Crippen LogP contribution in [0.1, 0.15) is 45.1 Å². The number of ether oxygens (including phenoxy) is 1. The molecule has 1 aromatic rings. The Morgan fingerprint density at radius 2 is 2.06 bits per heavy atom. The highest BCUT2D eigenvalue weighted by molar-refractivity contribution is 7.97. The van der Waals surface area contributed by atoms with Crippen LogP contribution in [0.3, 0.4) is 0 Å². The molecule has 18 heavy (non-hydrogen) atoms. The Morgan fingerprint density at radius 3 is 2.61 bits per heavy atom. The smallest absolute Gasteiger partial charge is 0.308 e. The van der Waals surface area contributed by atoms with Crippen LogP contribution in [0.25, 0.3) is 0 Å². The number of unbranched alkanes of at least 4 members (excludes halogenated alkanes) is 1. The maximum Gasteiger partial charge on any atom is 0.308 e. The van der Waals surface area contributed by atoms with Gasteiger partial charge >= 0.3 is 5.97 Å². The molecule has 0 N–H and O–H groups in total. The first-order valence-electron chi connectivity index (χ1n) is 6.41. The summed E-state index contributed by atoms with van der Waals surface area (Å²) in [5, 5.41) is 2.33. The normalized spacial score (nSPS) is 13.1. The van der Waals surface area contributed by atoms with Crippen LogP contribution in [0, 0.1) is 0 Å². The Labute approximate surface area is 113 Å². The first-order chi connectivity index (χ1) is 8.63. The van der Waals surface area contributed by atoms with E-state index in [-0.39, 0.29) is 5.97 Å². The van der Waals surface area contributed by atoms with E-state index in [1.54, 1.807) is 0 Å². The highest BCUT2D eigenvalue weighted by Gasteiger charge is 2.02. The zero-order valence-electron chi connectivity index (χ0n) is 11.3. The van der Waals surface area contributed by atoms with Gasteiger partial charge in [-0.05, 0) is 29.9 Å². The van der Waals surface area contributed by atoms with Gasteiger partial charge in [-0.3, -0.25) is 4.79 Å². The Bertz CT molecular complexity index is 395. The van der Waals surface area contributed by atoms with E-state index in [9.17, 15) is 4.79 Å². The molecule has 0 heterocycles. The van der Waals surface area contributed by atoms with E-state index in [0.717, 1.165) is 0 Å². The number of carbonyl (C=O) groups excluding carboxylic acids is 1. The molecular formula is C15H22O2S. The molecule has 0 saturated carbocycles. The van der Waals surface area contributed by atoms with Crippen LogP contribution >= 0.6 is 11.4 Å². The number of hydrogen-bond donors (Lipinski definition) is 1. The van der Waals surface area contributed by atoms with Gasteiger partial charge in [0.15, 0.2) is 0 Å². The van der Waals surface area contributed by atoms with Gasteiger partial charge in [0, 0.05) is 12.8 Å². The fraction of sp³-hybridized carbons (Fsp3) is 0.467. The fourth-order valence-electron chi connectivity index (χ4n) is 1.57. The van der Waals surface area contributed by atoms with Gasteiger partial charge in [-0.25, -0.2) is 11.4 Å². The minimum Gasteiger partial charge on any atom is -0.427 e. The van der Waals surface area contributed by atoms with Crippen molar-refractivity contribution in [1.82, 2.24) is 0 Å². The fourth-order valence-corrected chi connectivity index (χ4v) is 2.71. The summed E-state index contributed by atoms with van der Waals surface area (Å²) in [4.78, 5) is 10.8. The summed E-state index contributed by atoms with van der Waals surface area (Å²) < 4.78 is 5.01. The number of rotatable bonds is 6. The average Bonchev–Trinajstić information content (AvgIpc) is 2.34.